The Balaban J connectivity index is 1.90. The molecule has 2 N–H and O–H groups in total. The topological polar surface area (TPSA) is 61.4 Å². The molecule has 0 bridgehead atoms. The van der Waals surface area contributed by atoms with E-state index in [1.54, 1.807) is 11.4 Å². The average molecular weight is 392 g/mol. The maximum atomic E-state index is 12.1. The van der Waals surface area contributed by atoms with Gasteiger partial charge < -0.3 is 10.6 Å². The van der Waals surface area contributed by atoms with Crippen molar-refractivity contribution < 1.29 is 22.8 Å². The van der Waals surface area contributed by atoms with Crippen molar-refractivity contribution in [1.29, 1.82) is 0 Å². The van der Waals surface area contributed by atoms with E-state index in [-0.39, 0.29) is 12.6 Å². The molecular formula is C17H21ClF3N3O2. The van der Waals surface area contributed by atoms with Gasteiger partial charge in [0.15, 0.2) is 0 Å². The molecule has 144 valence electrons. The average Bonchev–Trinajstić information content (AvgIpc) is 3.07. The van der Waals surface area contributed by atoms with E-state index in [1.165, 1.54) is 0 Å². The molecule has 0 unspecified atom stereocenters. The number of alkyl halides is 3. The Kier molecular flexibility index (Phi) is 7.28. The molecule has 1 saturated heterocycles. The molecule has 1 atom stereocenters. The Labute approximate surface area is 154 Å². The largest absolute Gasteiger partial charge is 0.405 e. The van der Waals surface area contributed by atoms with Crippen molar-refractivity contribution in [2.24, 2.45) is 0 Å². The summed E-state index contributed by atoms with van der Waals surface area (Å²) in [5.41, 5.74) is 0.946. The fourth-order valence-corrected chi connectivity index (χ4v) is 3.10. The van der Waals surface area contributed by atoms with Gasteiger partial charge in [-0.2, -0.15) is 13.2 Å². The van der Waals surface area contributed by atoms with Crippen molar-refractivity contribution in [3.63, 3.8) is 0 Å². The van der Waals surface area contributed by atoms with Gasteiger partial charge in [-0.15, -0.1) is 0 Å². The van der Waals surface area contributed by atoms with Crippen LogP contribution in [0.5, 0.6) is 0 Å². The fourth-order valence-electron chi connectivity index (χ4n) is 2.91. The fraction of sp³-hybridized carbons (Fsp3) is 0.529. The number of halogens is 4. The number of benzene rings is 1. The van der Waals surface area contributed by atoms with Crippen LogP contribution in [0.4, 0.5) is 13.2 Å². The lowest BCUT2D eigenvalue weighted by Crippen LogP contribution is -2.40. The summed E-state index contributed by atoms with van der Waals surface area (Å²) >= 11 is 6.05. The summed E-state index contributed by atoms with van der Waals surface area (Å²) in [5.74, 6) is -1.57. The molecule has 2 amide bonds. The number of rotatable bonds is 7. The minimum atomic E-state index is -4.50. The zero-order valence-corrected chi connectivity index (χ0v) is 14.9. The van der Waals surface area contributed by atoms with Crippen LogP contribution in [0.1, 0.15) is 30.9 Å². The van der Waals surface area contributed by atoms with Gasteiger partial charge in [0.05, 0.1) is 6.04 Å². The number of carbonyl (C=O) groups is 2. The van der Waals surface area contributed by atoms with Gasteiger partial charge in [-0.05, 0) is 43.6 Å². The van der Waals surface area contributed by atoms with E-state index in [2.05, 4.69) is 10.2 Å². The summed E-state index contributed by atoms with van der Waals surface area (Å²) in [5, 5.41) is 4.91. The van der Waals surface area contributed by atoms with Crippen LogP contribution in [-0.2, 0) is 9.59 Å². The molecule has 2 rings (SSSR count). The van der Waals surface area contributed by atoms with Gasteiger partial charge in [-0.1, -0.05) is 23.7 Å². The van der Waals surface area contributed by atoms with Gasteiger partial charge in [0, 0.05) is 11.6 Å². The maximum Gasteiger partial charge on any atom is 0.405 e. The number of hydrogen-bond acceptors (Lipinski definition) is 3. The summed E-state index contributed by atoms with van der Waals surface area (Å²) in [6.07, 6.45) is -3.02. The molecule has 5 nitrogen and oxygen atoms in total. The Hall–Kier alpha value is -1.80. The van der Waals surface area contributed by atoms with Crippen LogP contribution in [0.25, 0.3) is 0 Å². The Morgan fingerprint density at radius 1 is 1.15 bits per heavy atom. The van der Waals surface area contributed by atoms with Crippen LogP contribution in [0, 0.1) is 0 Å². The van der Waals surface area contributed by atoms with E-state index in [1.807, 2.05) is 18.2 Å². The second-order valence-corrected chi connectivity index (χ2v) is 6.62. The lowest BCUT2D eigenvalue weighted by molar-refractivity contribution is -0.140. The lowest BCUT2D eigenvalue weighted by atomic mass is 10.1. The third-order valence-corrected chi connectivity index (χ3v) is 4.35. The van der Waals surface area contributed by atoms with E-state index >= 15 is 0 Å². The first-order chi connectivity index (χ1) is 12.2. The summed E-state index contributed by atoms with van der Waals surface area (Å²) in [7, 11) is 0. The predicted octanol–water partition coefficient (Wildman–Crippen LogP) is 2.66. The van der Waals surface area contributed by atoms with Crippen molar-refractivity contribution >= 4 is 23.4 Å². The monoisotopic (exact) mass is 391 g/mol. The van der Waals surface area contributed by atoms with Crippen LogP contribution in [0.15, 0.2) is 24.3 Å². The number of nitrogens with zero attached hydrogens (tertiary/aromatic N) is 1. The Morgan fingerprint density at radius 3 is 2.42 bits per heavy atom. The van der Waals surface area contributed by atoms with Crippen molar-refractivity contribution in [1.82, 2.24) is 15.5 Å². The van der Waals surface area contributed by atoms with Crippen molar-refractivity contribution in [3.05, 3.63) is 34.9 Å². The van der Waals surface area contributed by atoms with Gasteiger partial charge in [-0.3, -0.25) is 14.5 Å². The van der Waals surface area contributed by atoms with Crippen LogP contribution >= 0.6 is 11.6 Å². The van der Waals surface area contributed by atoms with E-state index in [4.69, 9.17) is 11.6 Å². The molecule has 0 aromatic heterocycles. The predicted molar refractivity (Wildman–Crippen MR) is 91.7 cm³/mol. The van der Waals surface area contributed by atoms with Crippen LogP contribution in [0.3, 0.4) is 0 Å². The molecule has 0 radical (unpaired) electrons. The van der Waals surface area contributed by atoms with E-state index in [9.17, 15) is 22.8 Å². The zero-order valence-electron chi connectivity index (χ0n) is 14.1. The highest BCUT2D eigenvalue weighted by molar-refractivity contribution is 6.30. The second-order valence-electron chi connectivity index (χ2n) is 6.19. The summed E-state index contributed by atoms with van der Waals surface area (Å²) in [4.78, 5) is 25.5. The summed E-state index contributed by atoms with van der Waals surface area (Å²) in [6.45, 7) is 0.585. The van der Waals surface area contributed by atoms with Gasteiger partial charge in [0.25, 0.3) is 0 Å². The third kappa shape index (κ3) is 6.84. The molecule has 26 heavy (non-hydrogen) atoms. The second kappa shape index (κ2) is 9.23. The maximum absolute atomic E-state index is 12.1. The number of nitrogens with one attached hydrogen (secondary N) is 2. The van der Waals surface area contributed by atoms with Gasteiger partial charge >= 0.3 is 6.18 Å². The molecule has 1 aliphatic rings. The van der Waals surface area contributed by atoms with Crippen molar-refractivity contribution in [2.75, 3.05) is 26.2 Å². The minimum absolute atomic E-state index is 0.0987. The standard InChI is InChI=1S/C17H21ClF3N3O2/c18-13-5-3-4-12(8-13)14(24-6-1-2-7-24)10-22-15(25)9-16(26)23-11-17(19,20)21/h3-5,8,14H,1-2,6-7,9-11H2,(H,22,25)(H,23,26)/t14-/m0/s1. The number of amides is 2. The smallest absolute Gasteiger partial charge is 0.354 e. The highest BCUT2D eigenvalue weighted by Gasteiger charge is 2.28. The number of likely N-dealkylation sites (tertiary alicyclic amines) is 1. The molecule has 1 aliphatic heterocycles. The first kappa shape index (κ1) is 20.5. The third-order valence-electron chi connectivity index (χ3n) is 4.11. The SMILES string of the molecule is O=C(CC(=O)NCC(F)(F)F)NC[C@@H](c1cccc(Cl)c1)N1CCCC1. The van der Waals surface area contributed by atoms with Crippen molar-refractivity contribution in [2.45, 2.75) is 31.5 Å². The van der Waals surface area contributed by atoms with Crippen molar-refractivity contribution in [3.8, 4) is 0 Å². The molecule has 9 heteroatoms. The molecular weight excluding hydrogens is 371 g/mol. The van der Waals surface area contributed by atoms with Crippen LogP contribution in [0.2, 0.25) is 5.02 Å². The quantitative estimate of drug-likeness (QED) is 0.702. The van der Waals surface area contributed by atoms with Crippen LogP contribution < -0.4 is 10.6 Å². The van der Waals surface area contributed by atoms with Gasteiger partial charge in [0.1, 0.15) is 13.0 Å². The van der Waals surface area contributed by atoms with Crippen LogP contribution in [-0.4, -0.2) is 49.1 Å². The van der Waals surface area contributed by atoms with E-state index in [0.717, 1.165) is 31.5 Å². The normalized spacial score (nSPS) is 16.3. The minimum Gasteiger partial charge on any atom is -0.354 e. The molecule has 1 fully saturated rings. The number of carbonyl (C=O) groups excluding carboxylic acids is 2. The molecule has 0 spiro atoms. The van der Waals surface area contributed by atoms with Gasteiger partial charge in [-0.25, -0.2) is 0 Å². The van der Waals surface area contributed by atoms with E-state index < -0.39 is 31.0 Å². The molecule has 0 saturated carbocycles. The first-order valence-corrected chi connectivity index (χ1v) is 8.72. The van der Waals surface area contributed by atoms with Gasteiger partial charge in [0.2, 0.25) is 11.8 Å². The molecule has 1 heterocycles. The first-order valence-electron chi connectivity index (χ1n) is 8.34. The molecule has 0 aliphatic carbocycles. The van der Waals surface area contributed by atoms with E-state index in [0.29, 0.717) is 5.02 Å². The Morgan fingerprint density at radius 2 is 1.81 bits per heavy atom. The summed E-state index contributed by atoms with van der Waals surface area (Å²) in [6, 6.07) is 7.23. The highest BCUT2D eigenvalue weighted by atomic mass is 35.5. The lowest BCUT2D eigenvalue weighted by Gasteiger charge is -2.28. The molecule has 1 aromatic rings. The molecule has 1 aromatic carbocycles. The summed E-state index contributed by atoms with van der Waals surface area (Å²) < 4.78 is 36.2. The highest BCUT2D eigenvalue weighted by Crippen LogP contribution is 2.26. The number of hydrogen-bond donors (Lipinski definition) is 2. The Bertz CT molecular complexity index is 634. The zero-order chi connectivity index (χ0) is 19.2.